The second-order valence-corrected chi connectivity index (χ2v) is 6.53. The van der Waals surface area contributed by atoms with Gasteiger partial charge in [0.2, 0.25) is 0 Å². The van der Waals surface area contributed by atoms with Crippen molar-refractivity contribution in [3.63, 3.8) is 0 Å². The highest BCUT2D eigenvalue weighted by atomic mass is 79.9. The maximum atomic E-state index is 11.8. The average Bonchev–Trinajstić information content (AvgIpc) is 2.26. The molecule has 17 heavy (non-hydrogen) atoms. The molecule has 0 N–H and O–H groups in total. The molecule has 0 saturated carbocycles. The standard InChI is InChI=1S/C11H13BrO4S/c1-16-6-7-17(14,15)8-11(13)9-4-2-3-5-10(9)12/h2-5H,6-8H2,1H3. The van der Waals surface area contributed by atoms with Gasteiger partial charge in [-0.15, -0.1) is 0 Å². The van der Waals surface area contributed by atoms with Crippen LogP contribution in [0.3, 0.4) is 0 Å². The largest absolute Gasteiger partial charge is 0.384 e. The molecule has 94 valence electrons. The first-order valence-electron chi connectivity index (χ1n) is 4.93. The van der Waals surface area contributed by atoms with E-state index in [0.29, 0.717) is 10.0 Å². The molecule has 0 aliphatic carbocycles. The molecule has 0 aliphatic heterocycles. The summed E-state index contributed by atoms with van der Waals surface area (Å²) in [5.74, 6) is -1.04. The monoisotopic (exact) mass is 320 g/mol. The van der Waals surface area contributed by atoms with Crippen molar-refractivity contribution >= 4 is 31.6 Å². The summed E-state index contributed by atoms with van der Waals surface area (Å²) in [5.41, 5.74) is 0.383. The average molecular weight is 321 g/mol. The predicted octanol–water partition coefficient (Wildman–Crippen LogP) is 1.69. The van der Waals surface area contributed by atoms with Gasteiger partial charge in [-0.25, -0.2) is 8.42 Å². The summed E-state index contributed by atoms with van der Waals surface area (Å²) < 4.78 is 28.4. The molecule has 6 heteroatoms. The number of hydrogen-bond donors (Lipinski definition) is 0. The van der Waals surface area contributed by atoms with E-state index in [0.717, 1.165) is 0 Å². The molecule has 0 aromatic heterocycles. The Balaban J connectivity index is 2.77. The van der Waals surface area contributed by atoms with Gasteiger partial charge in [0.1, 0.15) is 5.75 Å². The molecule has 0 bridgehead atoms. The zero-order chi connectivity index (χ0) is 12.9. The van der Waals surface area contributed by atoms with Gasteiger partial charge >= 0.3 is 0 Å². The number of carbonyl (C=O) groups is 1. The van der Waals surface area contributed by atoms with Crippen LogP contribution >= 0.6 is 15.9 Å². The van der Waals surface area contributed by atoms with Crippen LogP contribution in [0.2, 0.25) is 0 Å². The van der Waals surface area contributed by atoms with Crippen molar-refractivity contribution in [3.05, 3.63) is 34.3 Å². The third-order valence-electron chi connectivity index (χ3n) is 2.12. The van der Waals surface area contributed by atoms with Crippen LogP contribution in [-0.2, 0) is 14.6 Å². The van der Waals surface area contributed by atoms with Gasteiger partial charge < -0.3 is 4.74 Å². The normalized spacial score (nSPS) is 11.4. The summed E-state index contributed by atoms with van der Waals surface area (Å²) in [4.78, 5) is 11.8. The van der Waals surface area contributed by atoms with Crippen LogP contribution in [0.4, 0.5) is 0 Å². The van der Waals surface area contributed by atoms with E-state index in [4.69, 9.17) is 0 Å². The van der Waals surface area contributed by atoms with Crippen molar-refractivity contribution in [2.45, 2.75) is 0 Å². The minimum Gasteiger partial charge on any atom is -0.384 e. The number of hydrogen-bond acceptors (Lipinski definition) is 4. The molecule has 0 heterocycles. The molecule has 0 aliphatic rings. The molecule has 0 spiro atoms. The molecule has 1 aromatic rings. The zero-order valence-electron chi connectivity index (χ0n) is 9.35. The Kier molecular flexibility index (Phi) is 5.30. The minimum absolute atomic E-state index is 0.103. The summed E-state index contributed by atoms with van der Waals surface area (Å²) in [7, 11) is -1.98. The fourth-order valence-electron chi connectivity index (χ4n) is 1.25. The Morgan fingerprint density at radius 2 is 2.00 bits per heavy atom. The molecule has 4 nitrogen and oxygen atoms in total. The second kappa shape index (κ2) is 6.28. The summed E-state index contributed by atoms with van der Waals surface area (Å²) in [6.45, 7) is 0.103. The van der Waals surface area contributed by atoms with Gasteiger partial charge in [0.25, 0.3) is 0 Å². The van der Waals surface area contributed by atoms with Crippen molar-refractivity contribution in [3.8, 4) is 0 Å². The molecule has 0 amide bonds. The van der Waals surface area contributed by atoms with Crippen LogP contribution in [-0.4, -0.2) is 39.4 Å². The van der Waals surface area contributed by atoms with Gasteiger partial charge in [0.15, 0.2) is 15.6 Å². The van der Waals surface area contributed by atoms with Crippen LogP contribution in [0, 0.1) is 0 Å². The maximum absolute atomic E-state index is 11.8. The van der Waals surface area contributed by atoms with Gasteiger partial charge in [0, 0.05) is 17.1 Å². The SMILES string of the molecule is COCCS(=O)(=O)CC(=O)c1ccccc1Br. The van der Waals surface area contributed by atoms with Crippen LogP contribution in [0.1, 0.15) is 10.4 Å². The number of carbonyl (C=O) groups excluding carboxylic acids is 1. The molecule has 0 saturated heterocycles. The number of sulfone groups is 1. The van der Waals surface area contributed by atoms with Gasteiger partial charge in [-0.05, 0) is 6.07 Å². The highest BCUT2D eigenvalue weighted by Crippen LogP contribution is 2.17. The van der Waals surface area contributed by atoms with Crippen molar-refractivity contribution < 1.29 is 17.9 Å². The third kappa shape index (κ3) is 4.57. The van der Waals surface area contributed by atoms with Crippen LogP contribution < -0.4 is 0 Å². The number of ketones is 1. The Hall–Kier alpha value is -0.720. The van der Waals surface area contributed by atoms with E-state index < -0.39 is 21.4 Å². The first-order chi connectivity index (χ1) is 7.96. The lowest BCUT2D eigenvalue weighted by molar-refractivity contribution is 0.102. The maximum Gasteiger partial charge on any atom is 0.178 e. The minimum atomic E-state index is -3.40. The zero-order valence-corrected chi connectivity index (χ0v) is 11.8. The van der Waals surface area contributed by atoms with E-state index in [1.807, 2.05) is 0 Å². The number of rotatable bonds is 6. The highest BCUT2D eigenvalue weighted by Gasteiger charge is 2.19. The first kappa shape index (κ1) is 14.3. The van der Waals surface area contributed by atoms with E-state index in [1.54, 1.807) is 24.3 Å². The molecular weight excluding hydrogens is 308 g/mol. The molecular formula is C11H13BrO4S. The van der Waals surface area contributed by atoms with Crippen molar-refractivity contribution in [2.24, 2.45) is 0 Å². The van der Waals surface area contributed by atoms with Crippen LogP contribution in [0.25, 0.3) is 0 Å². The highest BCUT2D eigenvalue weighted by molar-refractivity contribution is 9.10. The fourth-order valence-corrected chi connectivity index (χ4v) is 2.87. The van der Waals surface area contributed by atoms with Crippen LogP contribution in [0.15, 0.2) is 28.7 Å². The van der Waals surface area contributed by atoms with Gasteiger partial charge in [-0.3, -0.25) is 4.79 Å². The summed E-state index contributed by atoms with van der Waals surface area (Å²) in [6, 6.07) is 6.76. The van der Waals surface area contributed by atoms with E-state index in [-0.39, 0.29) is 12.4 Å². The smallest absolute Gasteiger partial charge is 0.178 e. The van der Waals surface area contributed by atoms with E-state index in [1.165, 1.54) is 7.11 Å². The molecule has 0 unspecified atom stereocenters. The topological polar surface area (TPSA) is 60.4 Å². The quantitative estimate of drug-likeness (QED) is 0.748. The van der Waals surface area contributed by atoms with Gasteiger partial charge in [-0.2, -0.15) is 0 Å². The van der Waals surface area contributed by atoms with E-state index >= 15 is 0 Å². The Morgan fingerprint density at radius 1 is 1.35 bits per heavy atom. The second-order valence-electron chi connectivity index (χ2n) is 3.49. The first-order valence-corrected chi connectivity index (χ1v) is 7.55. The lowest BCUT2D eigenvalue weighted by Crippen LogP contribution is -2.21. The number of methoxy groups -OCH3 is 1. The number of ether oxygens (including phenoxy) is 1. The summed E-state index contributed by atoms with van der Waals surface area (Å²) in [5, 5.41) is 0. The summed E-state index contributed by atoms with van der Waals surface area (Å²) in [6.07, 6.45) is 0. The Morgan fingerprint density at radius 3 is 2.59 bits per heavy atom. The fraction of sp³-hybridized carbons (Fsp3) is 0.364. The van der Waals surface area contributed by atoms with E-state index in [9.17, 15) is 13.2 Å². The predicted molar refractivity (Wildman–Crippen MR) is 69.0 cm³/mol. The van der Waals surface area contributed by atoms with Crippen molar-refractivity contribution in [2.75, 3.05) is 25.2 Å². The van der Waals surface area contributed by atoms with Crippen molar-refractivity contribution in [1.82, 2.24) is 0 Å². The number of Topliss-reactive ketones (excluding diaryl/α,β-unsaturated/α-hetero) is 1. The molecule has 0 radical (unpaired) electrons. The molecule has 0 atom stereocenters. The Bertz CT molecular complexity index is 496. The number of halogens is 1. The molecule has 1 aromatic carbocycles. The van der Waals surface area contributed by atoms with Gasteiger partial charge in [0.05, 0.1) is 12.4 Å². The Labute approximate surface area is 109 Å². The molecule has 0 fully saturated rings. The van der Waals surface area contributed by atoms with Gasteiger partial charge in [-0.1, -0.05) is 34.1 Å². The lowest BCUT2D eigenvalue weighted by Gasteiger charge is -2.04. The lowest BCUT2D eigenvalue weighted by atomic mass is 10.1. The van der Waals surface area contributed by atoms with Crippen LogP contribution in [0.5, 0.6) is 0 Å². The number of benzene rings is 1. The van der Waals surface area contributed by atoms with Crippen molar-refractivity contribution in [1.29, 1.82) is 0 Å². The third-order valence-corrected chi connectivity index (χ3v) is 4.31. The van der Waals surface area contributed by atoms with E-state index in [2.05, 4.69) is 20.7 Å². The summed E-state index contributed by atoms with van der Waals surface area (Å²) >= 11 is 3.22. The molecule has 1 rings (SSSR count).